The van der Waals surface area contributed by atoms with E-state index >= 15 is 0 Å². The first kappa shape index (κ1) is 13.2. The van der Waals surface area contributed by atoms with Crippen molar-refractivity contribution in [1.82, 2.24) is 9.56 Å². The van der Waals surface area contributed by atoms with Crippen molar-refractivity contribution in [3.8, 4) is 11.5 Å². The average molecular weight is 286 g/mol. The summed E-state index contributed by atoms with van der Waals surface area (Å²) in [7, 11) is 1.58. The van der Waals surface area contributed by atoms with Gasteiger partial charge in [0.1, 0.15) is 12.4 Å². The van der Waals surface area contributed by atoms with Crippen LogP contribution in [0.15, 0.2) is 45.7 Å². The minimum atomic E-state index is -0.272. The molecule has 0 aliphatic heterocycles. The molecule has 0 aliphatic rings. The summed E-state index contributed by atoms with van der Waals surface area (Å²) in [6.07, 6.45) is 0. The highest BCUT2D eigenvalue weighted by Gasteiger charge is 2.08. The van der Waals surface area contributed by atoms with Crippen LogP contribution in [0, 0.1) is 6.92 Å². The van der Waals surface area contributed by atoms with Crippen LogP contribution in [0.1, 0.15) is 11.5 Å². The Bertz CT molecular complexity index is 835. The summed E-state index contributed by atoms with van der Waals surface area (Å²) in [6.45, 7) is 1.94. The summed E-state index contributed by atoms with van der Waals surface area (Å²) in [5.41, 5.74) is 0.733. The number of benzene rings is 1. The van der Waals surface area contributed by atoms with Gasteiger partial charge in [0, 0.05) is 12.1 Å². The number of hydrogen-bond donors (Lipinski definition) is 0. The summed E-state index contributed by atoms with van der Waals surface area (Å²) in [6, 6.07) is 10.4. The highest BCUT2D eigenvalue weighted by atomic mass is 16.5. The van der Waals surface area contributed by atoms with Gasteiger partial charge in [0.2, 0.25) is 0 Å². The fourth-order valence-electron chi connectivity index (χ4n) is 2.04. The molecule has 0 saturated carbocycles. The van der Waals surface area contributed by atoms with E-state index in [1.54, 1.807) is 32.2 Å². The smallest absolute Gasteiger partial charge is 0.287 e. The summed E-state index contributed by atoms with van der Waals surface area (Å²) in [5.74, 6) is 1.86. The van der Waals surface area contributed by atoms with Gasteiger partial charge in [0.15, 0.2) is 17.1 Å². The number of aryl methyl sites for hydroxylation is 1. The van der Waals surface area contributed by atoms with Crippen LogP contribution in [0.4, 0.5) is 0 Å². The summed E-state index contributed by atoms with van der Waals surface area (Å²) >= 11 is 0. The Morgan fingerprint density at radius 1 is 1.24 bits per heavy atom. The third-order valence-electron chi connectivity index (χ3n) is 2.97. The number of rotatable bonds is 4. The summed E-state index contributed by atoms with van der Waals surface area (Å²) in [5, 5.41) is 0. The van der Waals surface area contributed by atoms with E-state index in [1.807, 2.05) is 12.1 Å². The molecule has 21 heavy (non-hydrogen) atoms. The normalized spacial score (nSPS) is 10.8. The molecule has 6 nitrogen and oxygen atoms in total. The van der Waals surface area contributed by atoms with Crippen molar-refractivity contribution in [3.63, 3.8) is 0 Å². The Labute approximate surface area is 120 Å². The van der Waals surface area contributed by atoms with Crippen molar-refractivity contribution in [2.24, 2.45) is 0 Å². The SMILES string of the molecule is COc1ccccc1OCc1cc(=O)n2oc(C)cc2n1. The van der Waals surface area contributed by atoms with Crippen molar-refractivity contribution in [2.75, 3.05) is 7.11 Å². The van der Waals surface area contributed by atoms with E-state index in [1.165, 1.54) is 6.07 Å². The van der Waals surface area contributed by atoms with E-state index in [2.05, 4.69) is 4.98 Å². The molecule has 2 heterocycles. The molecule has 0 aliphatic carbocycles. The maximum Gasteiger partial charge on any atom is 0.287 e. The Kier molecular flexibility index (Phi) is 3.35. The zero-order valence-electron chi connectivity index (χ0n) is 11.7. The van der Waals surface area contributed by atoms with Crippen LogP contribution in [-0.2, 0) is 6.61 Å². The lowest BCUT2D eigenvalue weighted by molar-refractivity contribution is 0.279. The molecule has 0 N–H and O–H groups in total. The number of methoxy groups -OCH3 is 1. The molecule has 3 rings (SSSR count). The van der Waals surface area contributed by atoms with Gasteiger partial charge in [0.05, 0.1) is 12.8 Å². The standard InChI is InChI=1S/C15H14N2O4/c1-10-7-14-16-11(8-15(18)17(14)21-10)9-20-13-6-4-3-5-12(13)19-2/h3-8H,9H2,1-2H3. The molecule has 0 spiro atoms. The lowest BCUT2D eigenvalue weighted by Gasteiger charge is -2.09. The Morgan fingerprint density at radius 2 is 2.00 bits per heavy atom. The first-order valence-corrected chi connectivity index (χ1v) is 6.43. The van der Waals surface area contributed by atoms with Gasteiger partial charge >= 0.3 is 0 Å². The topological polar surface area (TPSA) is 66.0 Å². The molecule has 3 aromatic rings. The molecule has 1 aromatic carbocycles. The van der Waals surface area contributed by atoms with Crippen molar-refractivity contribution >= 4 is 5.65 Å². The highest BCUT2D eigenvalue weighted by molar-refractivity contribution is 5.40. The van der Waals surface area contributed by atoms with E-state index in [0.29, 0.717) is 28.6 Å². The second-order valence-electron chi connectivity index (χ2n) is 4.52. The van der Waals surface area contributed by atoms with Crippen molar-refractivity contribution in [3.05, 3.63) is 58.2 Å². The van der Waals surface area contributed by atoms with E-state index in [9.17, 15) is 4.79 Å². The molecule has 0 unspecified atom stereocenters. The third-order valence-corrected chi connectivity index (χ3v) is 2.97. The van der Waals surface area contributed by atoms with Gasteiger partial charge in [-0.05, 0) is 19.1 Å². The number of nitrogens with zero attached hydrogens (tertiary/aromatic N) is 2. The first-order chi connectivity index (χ1) is 10.2. The number of fused-ring (bicyclic) bond motifs is 1. The van der Waals surface area contributed by atoms with Crippen molar-refractivity contribution < 1.29 is 14.0 Å². The molecule has 108 valence electrons. The van der Waals surface area contributed by atoms with Crippen LogP contribution in [0.25, 0.3) is 5.65 Å². The minimum absolute atomic E-state index is 0.177. The van der Waals surface area contributed by atoms with Gasteiger partial charge < -0.3 is 14.0 Å². The molecule has 2 aromatic heterocycles. The molecule has 0 bridgehead atoms. The van der Waals surface area contributed by atoms with Crippen molar-refractivity contribution in [2.45, 2.75) is 13.5 Å². The Hall–Kier alpha value is -2.76. The second kappa shape index (κ2) is 5.32. The molecule has 0 saturated heterocycles. The number of aromatic nitrogens is 2. The monoisotopic (exact) mass is 286 g/mol. The molecule has 0 amide bonds. The molecular weight excluding hydrogens is 272 g/mol. The zero-order chi connectivity index (χ0) is 14.8. The van der Waals surface area contributed by atoms with Gasteiger partial charge in [-0.25, -0.2) is 4.98 Å². The third kappa shape index (κ3) is 2.60. The van der Waals surface area contributed by atoms with E-state index < -0.39 is 0 Å². The summed E-state index contributed by atoms with van der Waals surface area (Å²) < 4.78 is 17.3. The fourth-order valence-corrected chi connectivity index (χ4v) is 2.04. The van der Waals surface area contributed by atoms with E-state index in [0.717, 1.165) is 4.57 Å². The van der Waals surface area contributed by atoms with Gasteiger partial charge in [-0.15, -0.1) is 4.57 Å². The van der Waals surface area contributed by atoms with Gasteiger partial charge in [-0.2, -0.15) is 0 Å². The first-order valence-electron chi connectivity index (χ1n) is 6.43. The molecule has 0 radical (unpaired) electrons. The zero-order valence-corrected chi connectivity index (χ0v) is 11.7. The van der Waals surface area contributed by atoms with Crippen LogP contribution in [0.5, 0.6) is 11.5 Å². The van der Waals surface area contributed by atoms with Crippen LogP contribution < -0.4 is 15.0 Å². The maximum atomic E-state index is 11.9. The van der Waals surface area contributed by atoms with Crippen LogP contribution >= 0.6 is 0 Å². The lowest BCUT2D eigenvalue weighted by Crippen LogP contribution is -2.14. The number of para-hydroxylation sites is 2. The molecule has 0 atom stereocenters. The predicted molar refractivity (Wildman–Crippen MR) is 75.8 cm³/mol. The largest absolute Gasteiger partial charge is 0.493 e. The number of hydrogen-bond acceptors (Lipinski definition) is 5. The van der Waals surface area contributed by atoms with Gasteiger partial charge in [-0.1, -0.05) is 12.1 Å². The van der Waals surface area contributed by atoms with Crippen molar-refractivity contribution in [1.29, 1.82) is 0 Å². The van der Waals surface area contributed by atoms with Crippen LogP contribution in [0.2, 0.25) is 0 Å². The van der Waals surface area contributed by atoms with E-state index in [4.69, 9.17) is 14.0 Å². The maximum absolute atomic E-state index is 11.9. The van der Waals surface area contributed by atoms with E-state index in [-0.39, 0.29) is 12.2 Å². The quantitative estimate of drug-likeness (QED) is 0.735. The number of ether oxygens (including phenoxy) is 2. The summed E-state index contributed by atoms with van der Waals surface area (Å²) in [4.78, 5) is 16.2. The molecule has 0 fully saturated rings. The van der Waals surface area contributed by atoms with Crippen LogP contribution in [0.3, 0.4) is 0 Å². The highest BCUT2D eigenvalue weighted by Crippen LogP contribution is 2.26. The van der Waals surface area contributed by atoms with Gasteiger partial charge in [0.25, 0.3) is 5.56 Å². The Morgan fingerprint density at radius 3 is 2.76 bits per heavy atom. The average Bonchev–Trinajstić information content (AvgIpc) is 2.86. The fraction of sp³-hybridized carbons (Fsp3) is 0.200. The molecular formula is C15H14N2O4. The van der Waals surface area contributed by atoms with Crippen LogP contribution in [-0.4, -0.2) is 16.7 Å². The lowest BCUT2D eigenvalue weighted by atomic mass is 10.3. The minimum Gasteiger partial charge on any atom is -0.493 e. The predicted octanol–water partition coefficient (Wildman–Crippen LogP) is 2.18. The Balaban J connectivity index is 1.87. The molecule has 6 heteroatoms. The second-order valence-corrected chi connectivity index (χ2v) is 4.52. The van der Waals surface area contributed by atoms with Gasteiger partial charge in [-0.3, -0.25) is 4.79 Å².